The number of hydrogen-bond donors (Lipinski definition) is 0. The standard InChI is InChI=1S/C16H18ClN3OS/c1-22-16-18-14(17)13(11-12-5-3-2-4-6-12)15(19-16)20-7-9-21-10-8-20/h2-6H,7-11H2,1H3. The Morgan fingerprint density at radius 3 is 2.59 bits per heavy atom. The van der Waals surface area contributed by atoms with Crippen LogP contribution >= 0.6 is 23.4 Å². The lowest BCUT2D eigenvalue weighted by Crippen LogP contribution is -2.37. The van der Waals surface area contributed by atoms with E-state index in [4.69, 9.17) is 21.3 Å². The number of anilines is 1. The van der Waals surface area contributed by atoms with Gasteiger partial charge in [-0.25, -0.2) is 9.97 Å². The van der Waals surface area contributed by atoms with Gasteiger partial charge in [-0.15, -0.1) is 0 Å². The quantitative estimate of drug-likeness (QED) is 0.487. The topological polar surface area (TPSA) is 38.2 Å². The minimum atomic E-state index is 0.546. The third-order valence-corrected chi connectivity index (χ3v) is 4.49. The molecule has 0 spiro atoms. The lowest BCUT2D eigenvalue weighted by Gasteiger charge is -2.30. The first-order chi connectivity index (χ1) is 10.8. The van der Waals surface area contributed by atoms with Crippen LogP contribution in [0, 0.1) is 0 Å². The van der Waals surface area contributed by atoms with Crippen LogP contribution in [0.2, 0.25) is 5.15 Å². The van der Waals surface area contributed by atoms with Crippen LogP contribution in [0.3, 0.4) is 0 Å². The van der Waals surface area contributed by atoms with Crippen molar-refractivity contribution in [3.05, 3.63) is 46.6 Å². The molecule has 0 radical (unpaired) electrons. The third-order valence-electron chi connectivity index (χ3n) is 3.63. The van der Waals surface area contributed by atoms with E-state index in [0.29, 0.717) is 10.3 Å². The van der Waals surface area contributed by atoms with Crippen LogP contribution in [0.4, 0.5) is 5.82 Å². The first kappa shape index (κ1) is 15.6. The summed E-state index contributed by atoms with van der Waals surface area (Å²) in [6, 6.07) is 10.3. The number of hydrogen-bond acceptors (Lipinski definition) is 5. The van der Waals surface area contributed by atoms with Crippen LogP contribution in [0.5, 0.6) is 0 Å². The number of nitrogens with zero attached hydrogens (tertiary/aromatic N) is 3. The molecule has 1 aromatic carbocycles. The molecule has 0 bridgehead atoms. The molecule has 1 saturated heterocycles. The van der Waals surface area contributed by atoms with Gasteiger partial charge in [-0.2, -0.15) is 0 Å². The van der Waals surface area contributed by atoms with Gasteiger partial charge >= 0.3 is 0 Å². The van der Waals surface area contributed by atoms with Crippen molar-refractivity contribution in [3.63, 3.8) is 0 Å². The van der Waals surface area contributed by atoms with Crippen molar-refractivity contribution in [2.45, 2.75) is 11.6 Å². The van der Waals surface area contributed by atoms with Gasteiger partial charge in [0, 0.05) is 25.1 Å². The van der Waals surface area contributed by atoms with E-state index in [1.165, 1.54) is 17.3 Å². The Morgan fingerprint density at radius 2 is 1.91 bits per heavy atom. The molecule has 22 heavy (non-hydrogen) atoms. The molecule has 116 valence electrons. The van der Waals surface area contributed by atoms with Gasteiger partial charge in [-0.3, -0.25) is 0 Å². The Kier molecular flexibility index (Phi) is 5.18. The zero-order valence-electron chi connectivity index (χ0n) is 12.5. The van der Waals surface area contributed by atoms with Gasteiger partial charge < -0.3 is 9.64 Å². The largest absolute Gasteiger partial charge is 0.378 e. The first-order valence-electron chi connectivity index (χ1n) is 7.25. The summed E-state index contributed by atoms with van der Waals surface area (Å²) in [6.45, 7) is 3.12. The molecular weight excluding hydrogens is 318 g/mol. The van der Waals surface area contributed by atoms with Gasteiger partial charge in [-0.05, 0) is 11.8 Å². The first-order valence-corrected chi connectivity index (χ1v) is 8.85. The van der Waals surface area contributed by atoms with E-state index < -0.39 is 0 Å². The highest BCUT2D eigenvalue weighted by molar-refractivity contribution is 7.98. The van der Waals surface area contributed by atoms with E-state index in [9.17, 15) is 0 Å². The average Bonchev–Trinajstić information content (AvgIpc) is 2.58. The van der Waals surface area contributed by atoms with E-state index in [1.54, 1.807) is 0 Å². The second-order valence-electron chi connectivity index (χ2n) is 5.07. The van der Waals surface area contributed by atoms with Gasteiger partial charge in [0.05, 0.1) is 13.2 Å². The van der Waals surface area contributed by atoms with E-state index in [2.05, 4.69) is 22.0 Å². The zero-order chi connectivity index (χ0) is 15.4. The van der Waals surface area contributed by atoms with Crippen molar-refractivity contribution in [2.24, 2.45) is 0 Å². The maximum Gasteiger partial charge on any atom is 0.190 e. The Balaban J connectivity index is 1.99. The molecule has 4 nitrogen and oxygen atoms in total. The van der Waals surface area contributed by atoms with Crippen LogP contribution in [0.25, 0.3) is 0 Å². The minimum absolute atomic E-state index is 0.546. The maximum absolute atomic E-state index is 6.46. The maximum atomic E-state index is 6.46. The molecule has 2 heterocycles. The number of morpholine rings is 1. The minimum Gasteiger partial charge on any atom is -0.378 e. The van der Waals surface area contributed by atoms with Gasteiger partial charge in [0.1, 0.15) is 11.0 Å². The Hall–Kier alpha value is -1.30. The van der Waals surface area contributed by atoms with Gasteiger partial charge in [0.25, 0.3) is 0 Å². The van der Waals surface area contributed by atoms with Crippen molar-refractivity contribution in [2.75, 3.05) is 37.5 Å². The summed E-state index contributed by atoms with van der Waals surface area (Å²) < 4.78 is 5.44. The second-order valence-corrected chi connectivity index (χ2v) is 6.20. The van der Waals surface area contributed by atoms with Crippen LogP contribution in [-0.4, -0.2) is 42.5 Å². The summed E-state index contributed by atoms with van der Waals surface area (Å²) in [6.07, 6.45) is 2.70. The predicted molar refractivity (Wildman–Crippen MR) is 91.1 cm³/mol. The van der Waals surface area contributed by atoms with Gasteiger partial charge in [-0.1, -0.05) is 53.7 Å². The van der Waals surface area contributed by atoms with Crippen molar-refractivity contribution in [3.8, 4) is 0 Å². The Labute approximate surface area is 139 Å². The number of halogens is 1. The van der Waals surface area contributed by atoms with Crippen LogP contribution in [0.15, 0.2) is 35.5 Å². The van der Waals surface area contributed by atoms with E-state index in [1.807, 2.05) is 24.5 Å². The number of thioether (sulfide) groups is 1. The molecule has 1 aromatic heterocycles. The molecule has 0 atom stereocenters. The van der Waals surface area contributed by atoms with Crippen molar-refractivity contribution >= 4 is 29.2 Å². The molecule has 3 rings (SSSR count). The van der Waals surface area contributed by atoms with Crippen molar-refractivity contribution < 1.29 is 4.74 Å². The smallest absolute Gasteiger partial charge is 0.190 e. The van der Waals surface area contributed by atoms with E-state index in [0.717, 1.165) is 44.1 Å². The highest BCUT2D eigenvalue weighted by atomic mass is 35.5. The molecular formula is C16H18ClN3OS. The number of aromatic nitrogens is 2. The molecule has 0 amide bonds. The van der Waals surface area contributed by atoms with E-state index in [-0.39, 0.29) is 0 Å². The summed E-state index contributed by atoms with van der Waals surface area (Å²) in [4.78, 5) is 11.4. The highest BCUT2D eigenvalue weighted by Gasteiger charge is 2.20. The normalized spacial score (nSPS) is 15.1. The fourth-order valence-electron chi connectivity index (χ4n) is 2.51. The number of ether oxygens (including phenoxy) is 1. The average molecular weight is 336 g/mol. The third kappa shape index (κ3) is 3.54. The van der Waals surface area contributed by atoms with Crippen LogP contribution in [-0.2, 0) is 11.2 Å². The summed E-state index contributed by atoms with van der Waals surface area (Å²) in [5.41, 5.74) is 2.20. The zero-order valence-corrected chi connectivity index (χ0v) is 14.0. The predicted octanol–water partition coefficient (Wildman–Crippen LogP) is 3.28. The SMILES string of the molecule is CSc1nc(Cl)c(Cc2ccccc2)c(N2CCOCC2)n1. The summed E-state index contributed by atoms with van der Waals surface area (Å²) in [5.74, 6) is 0.941. The molecule has 0 N–H and O–H groups in total. The molecule has 1 fully saturated rings. The van der Waals surface area contributed by atoms with Crippen molar-refractivity contribution in [1.29, 1.82) is 0 Å². The molecule has 2 aromatic rings. The fourth-order valence-corrected chi connectivity index (χ4v) is 3.15. The van der Waals surface area contributed by atoms with Gasteiger partial charge in [0.15, 0.2) is 5.16 Å². The molecule has 6 heteroatoms. The van der Waals surface area contributed by atoms with Crippen LogP contribution < -0.4 is 4.90 Å². The lowest BCUT2D eigenvalue weighted by atomic mass is 10.1. The monoisotopic (exact) mass is 335 g/mol. The molecule has 1 aliphatic rings. The summed E-state index contributed by atoms with van der Waals surface area (Å²) in [5, 5.41) is 1.26. The number of benzene rings is 1. The molecule has 1 aliphatic heterocycles. The highest BCUT2D eigenvalue weighted by Crippen LogP contribution is 2.29. The van der Waals surface area contributed by atoms with Gasteiger partial charge in [0.2, 0.25) is 0 Å². The summed E-state index contributed by atoms with van der Waals surface area (Å²) >= 11 is 7.97. The van der Waals surface area contributed by atoms with Crippen LogP contribution in [0.1, 0.15) is 11.1 Å². The Bertz CT molecular complexity index is 633. The molecule has 0 unspecified atom stereocenters. The lowest BCUT2D eigenvalue weighted by molar-refractivity contribution is 0.122. The summed E-state index contributed by atoms with van der Waals surface area (Å²) in [7, 11) is 0. The Morgan fingerprint density at radius 1 is 1.18 bits per heavy atom. The van der Waals surface area contributed by atoms with E-state index >= 15 is 0 Å². The molecule has 0 saturated carbocycles. The number of rotatable bonds is 4. The molecule has 0 aliphatic carbocycles. The second kappa shape index (κ2) is 7.31. The van der Waals surface area contributed by atoms with Crippen molar-refractivity contribution in [1.82, 2.24) is 9.97 Å². The fraction of sp³-hybridized carbons (Fsp3) is 0.375.